The molecule has 1 unspecified atom stereocenters. The standard InChI is InChI=1S/C24H18ClF2NO3.C2H6/c1-30-9-10-31-22-8-7-16(13-28)23(24(22)27)18-11-17(21(26)12-20(18)25)19(14-29)15-5-3-2-4-6-15;1-2/h2-8,11-12,14,19H,9-10H2,1H3;1-2H3. The molecular formula is C26H24ClF2NO3. The van der Waals surface area contributed by atoms with Crippen LogP contribution in [0.1, 0.15) is 36.5 Å². The van der Waals surface area contributed by atoms with Gasteiger partial charge in [-0.1, -0.05) is 55.8 Å². The van der Waals surface area contributed by atoms with Crippen molar-refractivity contribution in [3.8, 4) is 22.9 Å². The molecule has 4 nitrogen and oxygen atoms in total. The van der Waals surface area contributed by atoms with Crippen LogP contribution in [0, 0.1) is 23.0 Å². The van der Waals surface area contributed by atoms with Crippen LogP contribution in [0.25, 0.3) is 11.1 Å². The Balaban J connectivity index is 0.00000187. The monoisotopic (exact) mass is 471 g/mol. The van der Waals surface area contributed by atoms with E-state index >= 15 is 4.39 Å². The van der Waals surface area contributed by atoms with Crippen LogP contribution >= 0.6 is 11.6 Å². The van der Waals surface area contributed by atoms with Gasteiger partial charge in [-0.25, -0.2) is 8.78 Å². The summed E-state index contributed by atoms with van der Waals surface area (Å²) in [6, 6.07) is 15.6. The third-order valence-corrected chi connectivity index (χ3v) is 5.07. The van der Waals surface area contributed by atoms with Crippen LogP contribution in [0.5, 0.6) is 5.75 Å². The highest BCUT2D eigenvalue weighted by Crippen LogP contribution is 2.39. The Morgan fingerprint density at radius 1 is 1.09 bits per heavy atom. The van der Waals surface area contributed by atoms with Gasteiger partial charge >= 0.3 is 0 Å². The summed E-state index contributed by atoms with van der Waals surface area (Å²) in [5.41, 5.74) is 0.559. The van der Waals surface area contributed by atoms with Crippen molar-refractivity contribution in [3.05, 3.63) is 87.9 Å². The van der Waals surface area contributed by atoms with Crippen LogP contribution in [-0.2, 0) is 9.53 Å². The van der Waals surface area contributed by atoms with Crippen molar-refractivity contribution in [2.45, 2.75) is 19.8 Å². The summed E-state index contributed by atoms with van der Waals surface area (Å²) in [5, 5.41) is 9.41. The van der Waals surface area contributed by atoms with Gasteiger partial charge < -0.3 is 14.3 Å². The van der Waals surface area contributed by atoms with Crippen LogP contribution in [0.3, 0.4) is 0 Å². The van der Waals surface area contributed by atoms with Gasteiger partial charge in [0.05, 0.1) is 29.2 Å². The zero-order chi connectivity index (χ0) is 24.4. The fraction of sp³-hybridized carbons (Fsp3) is 0.231. The maximum Gasteiger partial charge on any atom is 0.174 e. The molecule has 0 aliphatic rings. The van der Waals surface area contributed by atoms with Gasteiger partial charge in [-0.2, -0.15) is 5.26 Å². The lowest BCUT2D eigenvalue weighted by molar-refractivity contribution is -0.108. The summed E-state index contributed by atoms with van der Waals surface area (Å²) >= 11 is 6.24. The fourth-order valence-corrected chi connectivity index (χ4v) is 3.49. The van der Waals surface area contributed by atoms with E-state index in [4.69, 9.17) is 21.1 Å². The molecule has 0 N–H and O–H groups in total. The quantitative estimate of drug-likeness (QED) is 0.276. The van der Waals surface area contributed by atoms with Crippen LogP contribution in [-0.4, -0.2) is 26.6 Å². The number of nitriles is 1. The molecule has 0 saturated heterocycles. The summed E-state index contributed by atoms with van der Waals surface area (Å²) in [4.78, 5) is 11.8. The van der Waals surface area contributed by atoms with Crippen molar-refractivity contribution in [2.24, 2.45) is 0 Å². The number of nitrogens with zero attached hydrogens (tertiary/aromatic N) is 1. The normalized spacial score (nSPS) is 11.1. The topological polar surface area (TPSA) is 59.3 Å². The predicted octanol–water partition coefficient (Wildman–Crippen LogP) is 6.54. The first-order valence-corrected chi connectivity index (χ1v) is 10.7. The van der Waals surface area contributed by atoms with E-state index in [2.05, 4.69) is 0 Å². The van der Waals surface area contributed by atoms with Crippen molar-refractivity contribution in [2.75, 3.05) is 20.3 Å². The zero-order valence-corrected chi connectivity index (χ0v) is 19.3. The van der Waals surface area contributed by atoms with Gasteiger partial charge in [0.25, 0.3) is 0 Å². The Labute approximate surface area is 197 Å². The Morgan fingerprint density at radius 3 is 2.39 bits per heavy atom. The van der Waals surface area contributed by atoms with E-state index in [1.165, 1.54) is 25.3 Å². The molecule has 0 fully saturated rings. The molecule has 7 heteroatoms. The van der Waals surface area contributed by atoms with E-state index in [0.717, 1.165) is 6.07 Å². The predicted molar refractivity (Wildman–Crippen MR) is 125 cm³/mol. The maximum atomic E-state index is 15.3. The second-order valence-corrected chi connectivity index (χ2v) is 7.04. The maximum absolute atomic E-state index is 15.3. The van der Waals surface area contributed by atoms with Gasteiger partial charge in [0.1, 0.15) is 18.7 Å². The highest BCUT2D eigenvalue weighted by molar-refractivity contribution is 6.33. The van der Waals surface area contributed by atoms with Crippen LogP contribution in [0.4, 0.5) is 8.78 Å². The van der Waals surface area contributed by atoms with Crippen LogP contribution < -0.4 is 4.74 Å². The lowest BCUT2D eigenvalue weighted by Crippen LogP contribution is -2.08. The van der Waals surface area contributed by atoms with E-state index in [9.17, 15) is 14.4 Å². The third kappa shape index (κ3) is 5.95. The van der Waals surface area contributed by atoms with Crippen molar-refractivity contribution >= 4 is 17.9 Å². The fourth-order valence-electron chi connectivity index (χ4n) is 3.25. The molecule has 0 spiro atoms. The van der Waals surface area contributed by atoms with Crippen LogP contribution in [0.2, 0.25) is 5.02 Å². The number of carbonyl (C=O) groups is 1. The molecule has 0 amide bonds. The first-order chi connectivity index (χ1) is 16.0. The van der Waals surface area contributed by atoms with Gasteiger partial charge in [0, 0.05) is 23.8 Å². The Hall–Kier alpha value is -3.27. The summed E-state index contributed by atoms with van der Waals surface area (Å²) in [7, 11) is 1.49. The van der Waals surface area contributed by atoms with E-state index in [1.807, 2.05) is 19.9 Å². The van der Waals surface area contributed by atoms with Crippen molar-refractivity contribution in [3.63, 3.8) is 0 Å². The molecule has 0 radical (unpaired) electrons. The smallest absolute Gasteiger partial charge is 0.174 e. The Bertz CT molecular complexity index is 1130. The molecule has 0 aliphatic carbocycles. The van der Waals surface area contributed by atoms with Crippen LogP contribution in [0.15, 0.2) is 54.6 Å². The summed E-state index contributed by atoms with van der Waals surface area (Å²) < 4.78 is 40.4. The largest absolute Gasteiger partial charge is 0.488 e. The van der Waals surface area contributed by atoms with E-state index in [-0.39, 0.29) is 46.2 Å². The number of benzene rings is 3. The van der Waals surface area contributed by atoms with Gasteiger partial charge in [-0.15, -0.1) is 0 Å². The minimum atomic E-state index is -0.924. The number of hydrogen-bond donors (Lipinski definition) is 0. The molecule has 0 saturated carbocycles. The van der Waals surface area contributed by atoms with E-state index in [1.54, 1.807) is 30.3 Å². The minimum Gasteiger partial charge on any atom is -0.488 e. The first kappa shape index (κ1) is 26.0. The molecule has 0 bridgehead atoms. The summed E-state index contributed by atoms with van der Waals surface area (Å²) in [5.74, 6) is -2.53. The Kier molecular flexibility index (Phi) is 9.99. The third-order valence-electron chi connectivity index (χ3n) is 4.76. The molecule has 0 heterocycles. The average molecular weight is 472 g/mol. The zero-order valence-electron chi connectivity index (χ0n) is 18.6. The Morgan fingerprint density at radius 2 is 1.79 bits per heavy atom. The summed E-state index contributed by atoms with van der Waals surface area (Å²) in [6.45, 7) is 4.34. The number of methoxy groups -OCH3 is 1. The molecular weight excluding hydrogens is 448 g/mol. The molecule has 3 aromatic carbocycles. The number of carbonyl (C=O) groups excluding carboxylic acids is 1. The lowest BCUT2D eigenvalue weighted by atomic mass is 9.89. The van der Waals surface area contributed by atoms with Crippen molar-refractivity contribution in [1.29, 1.82) is 5.26 Å². The average Bonchev–Trinajstić information content (AvgIpc) is 2.84. The number of rotatable bonds is 8. The van der Waals surface area contributed by atoms with Gasteiger partial charge in [0.2, 0.25) is 0 Å². The number of hydrogen-bond acceptors (Lipinski definition) is 4. The molecule has 33 heavy (non-hydrogen) atoms. The van der Waals surface area contributed by atoms with Gasteiger partial charge in [0.15, 0.2) is 11.6 Å². The van der Waals surface area contributed by atoms with Crippen molar-refractivity contribution in [1.82, 2.24) is 0 Å². The number of aldehydes is 1. The second kappa shape index (κ2) is 12.7. The molecule has 3 rings (SSSR count). The molecule has 0 aromatic heterocycles. The van der Waals surface area contributed by atoms with E-state index < -0.39 is 17.6 Å². The number of ether oxygens (including phenoxy) is 2. The molecule has 0 aliphatic heterocycles. The number of halogens is 3. The SMILES string of the molecule is CC.COCCOc1ccc(C#N)c(-c2cc(C(C=O)c3ccccc3)c(F)cc2Cl)c1F. The highest BCUT2D eigenvalue weighted by Gasteiger charge is 2.24. The minimum absolute atomic E-state index is 0.00147. The molecule has 1 atom stereocenters. The van der Waals surface area contributed by atoms with Gasteiger partial charge in [-0.3, -0.25) is 0 Å². The molecule has 172 valence electrons. The first-order valence-electron chi connectivity index (χ1n) is 10.4. The van der Waals surface area contributed by atoms with E-state index in [0.29, 0.717) is 11.8 Å². The second-order valence-electron chi connectivity index (χ2n) is 6.63. The van der Waals surface area contributed by atoms with Crippen molar-refractivity contribution < 1.29 is 23.0 Å². The summed E-state index contributed by atoms with van der Waals surface area (Å²) in [6.07, 6.45) is 0.608. The molecule has 3 aromatic rings. The lowest BCUT2D eigenvalue weighted by Gasteiger charge is -2.17. The van der Waals surface area contributed by atoms with Gasteiger partial charge in [-0.05, 0) is 29.8 Å². The highest BCUT2D eigenvalue weighted by atomic mass is 35.5.